The lowest BCUT2D eigenvalue weighted by Gasteiger charge is -2.19. The maximum atomic E-state index is 12.6. The van der Waals surface area contributed by atoms with Crippen molar-refractivity contribution in [3.63, 3.8) is 0 Å². The molecule has 1 aliphatic rings. The molecule has 1 fully saturated rings. The summed E-state index contributed by atoms with van der Waals surface area (Å²) in [6.07, 6.45) is 0. The Balaban J connectivity index is 1.99. The number of hydrogen-bond donors (Lipinski definition) is 0. The van der Waals surface area contributed by atoms with E-state index in [2.05, 4.69) is 0 Å². The molecule has 1 heterocycles. The predicted octanol–water partition coefficient (Wildman–Crippen LogP) is 3.70. The molecule has 2 aromatic rings. The fraction of sp³-hybridized carbons (Fsp3) is 0.125. The van der Waals surface area contributed by atoms with Gasteiger partial charge in [-0.15, -0.1) is 0 Å². The first kappa shape index (κ1) is 13.6. The van der Waals surface area contributed by atoms with E-state index in [0.717, 1.165) is 0 Å². The summed E-state index contributed by atoms with van der Waals surface area (Å²) < 4.78 is 0. The van der Waals surface area contributed by atoms with Crippen LogP contribution in [0.3, 0.4) is 0 Å². The Bertz CT molecular complexity index is 685. The van der Waals surface area contributed by atoms with Gasteiger partial charge in [-0.2, -0.15) is 0 Å². The summed E-state index contributed by atoms with van der Waals surface area (Å²) in [5.74, 6) is -0.244. The number of hydrogen-bond acceptors (Lipinski definition) is 2. The van der Waals surface area contributed by atoms with E-state index in [-0.39, 0.29) is 11.9 Å². The minimum Gasteiger partial charge on any atom is -0.281 e. The van der Waals surface area contributed by atoms with Gasteiger partial charge in [0.15, 0.2) is 0 Å². The lowest BCUT2D eigenvalue weighted by molar-refractivity contribution is -0.117. The first-order valence-electron chi connectivity index (χ1n) is 6.57. The number of urea groups is 1. The average molecular weight is 301 g/mol. The van der Waals surface area contributed by atoms with Crippen LogP contribution >= 0.6 is 11.6 Å². The Morgan fingerprint density at radius 1 is 0.905 bits per heavy atom. The minimum absolute atomic E-state index is 0.244. The van der Waals surface area contributed by atoms with Crippen LogP contribution < -0.4 is 9.80 Å². The van der Waals surface area contributed by atoms with Gasteiger partial charge in [-0.05, 0) is 43.3 Å². The molecule has 3 rings (SSSR count). The SMILES string of the molecule is C[C@H]1C(=O)N(c2ccc(Cl)cc2)C(=O)N1c1ccccc1. The van der Waals surface area contributed by atoms with Crippen molar-refractivity contribution < 1.29 is 9.59 Å². The molecule has 1 saturated heterocycles. The molecule has 0 aliphatic carbocycles. The number of imide groups is 1. The number of rotatable bonds is 2. The smallest absolute Gasteiger partial charge is 0.281 e. The summed E-state index contributed by atoms with van der Waals surface area (Å²) in [6.45, 7) is 1.73. The van der Waals surface area contributed by atoms with Gasteiger partial charge < -0.3 is 0 Å². The van der Waals surface area contributed by atoms with Crippen LogP contribution in [-0.4, -0.2) is 18.0 Å². The van der Waals surface area contributed by atoms with Crippen molar-refractivity contribution >= 4 is 34.9 Å². The van der Waals surface area contributed by atoms with Gasteiger partial charge in [0, 0.05) is 10.7 Å². The third kappa shape index (κ3) is 2.28. The van der Waals surface area contributed by atoms with Crippen molar-refractivity contribution in [3.05, 3.63) is 59.6 Å². The molecular formula is C16H13ClN2O2. The summed E-state index contributed by atoms with van der Waals surface area (Å²) >= 11 is 5.85. The minimum atomic E-state index is -0.532. The lowest BCUT2D eigenvalue weighted by Crippen LogP contribution is -2.33. The second-order valence-electron chi connectivity index (χ2n) is 4.81. The van der Waals surface area contributed by atoms with Crippen LogP contribution in [0.4, 0.5) is 16.2 Å². The number of nitrogens with zero attached hydrogens (tertiary/aromatic N) is 2. The van der Waals surface area contributed by atoms with E-state index < -0.39 is 6.04 Å². The predicted molar refractivity (Wildman–Crippen MR) is 82.7 cm³/mol. The number of halogens is 1. The molecule has 0 saturated carbocycles. The third-order valence-electron chi connectivity index (χ3n) is 3.48. The molecule has 0 bridgehead atoms. The van der Waals surface area contributed by atoms with Crippen molar-refractivity contribution in [2.24, 2.45) is 0 Å². The highest BCUT2D eigenvalue weighted by Gasteiger charge is 2.44. The molecule has 1 aliphatic heterocycles. The number of carbonyl (C=O) groups is 2. The molecule has 1 atom stereocenters. The average Bonchev–Trinajstić information content (AvgIpc) is 2.72. The highest BCUT2D eigenvalue weighted by Crippen LogP contribution is 2.30. The summed E-state index contributed by atoms with van der Waals surface area (Å²) in [4.78, 5) is 27.7. The maximum absolute atomic E-state index is 12.6. The zero-order valence-corrected chi connectivity index (χ0v) is 12.1. The lowest BCUT2D eigenvalue weighted by atomic mass is 10.2. The normalized spacial score (nSPS) is 18.5. The fourth-order valence-corrected chi connectivity index (χ4v) is 2.54. The fourth-order valence-electron chi connectivity index (χ4n) is 2.42. The molecule has 2 aromatic carbocycles. The van der Waals surface area contributed by atoms with Crippen molar-refractivity contribution in [2.75, 3.05) is 9.80 Å². The highest BCUT2D eigenvalue weighted by atomic mass is 35.5. The Labute approximate surface area is 127 Å². The van der Waals surface area contributed by atoms with E-state index in [0.29, 0.717) is 16.4 Å². The topological polar surface area (TPSA) is 40.6 Å². The van der Waals surface area contributed by atoms with Crippen LogP contribution in [0, 0.1) is 0 Å². The molecule has 0 unspecified atom stereocenters. The molecule has 3 amide bonds. The van der Waals surface area contributed by atoms with Gasteiger partial charge in [-0.25, -0.2) is 9.69 Å². The van der Waals surface area contributed by atoms with E-state index in [1.807, 2.05) is 30.3 Å². The molecule has 106 valence electrons. The van der Waals surface area contributed by atoms with E-state index in [4.69, 9.17) is 11.6 Å². The third-order valence-corrected chi connectivity index (χ3v) is 3.73. The Morgan fingerprint density at radius 3 is 2.14 bits per heavy atom. The second kappa shape index (κ2) is 5.22. The van der Waals surface area contributed by atoms with Gasteiger partial charge in [0.25, 0.3) is 5.91 Å². The first-order valence-corrected chi connectivity index (χ1v) is 6.95. The van der Waals surface area contributed by atoms with Crippen molar-refractivity contribution in [1.82, 2.24) is 0 Å². The molecule has 0 spiro atoms. The van der Waals surface area contributed by atoms with E-state index >= 15 is 0 Å². The molecule has 0 N–H and O–H groups in total. The summed E-state index contributed by atoms with van der Waals surface area (Å²) in [5.41, 5.74) is 1.24. The largest absolute Gasteiger partial charge is 0.336 e. The summed E-state index contributed by atoms with van der Waals surface area (Å²) in [5, 5.41) is 0.561. The molecule has 4 nitrogen and oxygen atoms in total. The van der Waals surface area contributed by atoms with Gasteiger partial charge in [0.05, 0.1) is 5.69 Å². The van der Waals surface area contributed by atoms with Crippen LogP contribution in [0.15, 0.2) is 54.6 Å². The monoisotopic (exact) mass is 300 g/mol. The maximum Gasteiger partial charge on any atom is 0.336 e. The molecule has 0 radical (unpaired) electrons. The van der Waals surface area contributed by atoms with Crippen molar-refractivity contribution in [3.8, 4) is 0 Å². The first-order chi connectivity index (χ1) is 10.1. The van der Waals surface area contributed by atoms with Gasteiger partial charge >= 0.3 is 6.03 Å². The van der Waals surface area contributed by atoms with Crippen LogP contribution in [0.1, 0.15) is 6.92 Å². The zero-order chi connectivity index (χ0) is 15.0. The molecule has 5 heteroatoms. The highest BCUT2D eigenvalue weighted by molar-refractivity contribution is 6.31. The van der Waals surface area contributed by atoms with Crippen LogP contribution in [-0.2, 0) is 4.79 Å². The van der Waals surface area contributed by atoms with Gasteiger partial charge in [0.1, 0.15) is 6.04 Å². The van der Waals surface area contributed by atoms with Gasteiger partial charge in [0.2, 0.25) is 0 Å². The van der Waals surface area contributed by atoms with Crippen LogP contribution in [0.2, 0.25) is 5.02 Å². The van der Waals surface area contributed by atoms with E-state index in [9.17, 15) is 9.59 Å². The molecule has 0 aromatic heterocycles. The van der Waals surface area contributed by atoms with E-state index in [1.165, 1.54) is 9.80 Å². The Kier molecular flexibility index (Phi) is 3.39. The second-order valence-corrected chi connectivity index (χ2v) is 5.25. The quantitative estimate of drug-likeness (QED) is 0.793. The number of anilines is 2. The number of para-hydroxylation sites is 1. The zero-order valence-electron chi connectivity index (χ0n) is 11.4. The Morgan fingerprint density at radius 2 is 1.52 bits per heavy atom. The summed E-state index contributed by atoms with van der Waals surface area (Å²) in [7, 11) is 0. The standard InChI is InChI=1S/C16H13ClN2O2/c1-11-15(20)19(14-9-7-12(17)8-10-14)16(21)18(11)13-5-3-2-4-6-13/h2-11H,1H3/t11-/m0/s1. The van der Waals surface area contributed by atoms with E-state index in [1.54, 1.807) is 31.2 Å². The van der Waals surface area contributed by atoms with Crippen molar-refractivity contribution in [2.45, 2.75) is 13.0 Å². The molecular weight excluding hydrogens is 288 g/mol. The number of amides is 3. The number of benzene rings is 2. The van der Waals surface area contributed by atoms with Crippen molar-refractivity contribution in [1.29, 1.82) is 0 Å². The number of carbonyl (C=O) groups excluding carboxylic acids is 2. The van der Waals surface area contributed by atoms with Gasteiger partial charge in [-0.1, -0.05) is 29.8 Å². The Hall–Kier alpha value is -2.33. The van der Waals surface area contributed by atoms with Gasteiger partial charge in [-0.3, -0.25) is 9.69 Å². The molecule has 21 heavy (non-hydrogen) atoms. The van der Waals surface area contributed by atoms with Crippen LogP contribution in [0.25, 0.3) is 0 Å². The summed E-state index contributed by atoms with van der Waals surface area (Å²) in [6, 6.07) is 14.9. The van der Waals surface area contributed by atoms with Crippen LogP contribution in [0.5, 0.6) is 0 Å².